The van der Waals surface area contributed by atoms with Gasteiger partial charge in [0.25, 0.3) is 0 Å². The molecule has 6 rings (SSSR count). The highest BCUT2D eigenvalue weighted by Crippen LogP contribution is 2.35. The van der Waals surface area contributed by atoms with Gasteiger partial charge in [-0.05, 0) is 108 Å². The lowest BCUT2D eigenvalue weighted by atomic mass is 9.78. The Morgan fingerprint density at radius 2 is 1.66 bits per heavy atom. The smallest absolute Gasteiger partial charge is 0.408 e. The van der Waals surface area contributed by atoms with E-state index in [1.165, 1.54) is 14.0 Å². The molecule has 4 fully saturated rings. The van der Waals surface area contributed by atoms with Crippen molar-refractivity contribution in [3.63, 3.8) is 0 Å². The predicted molar refractivity (Wildman–Crippen MR) is 223 cm³/mol. The van der Waals surface area contributed by atoms with Crippen LogP contribution in [0.1, 0.15) is 116 Å². The highest BCUT2D eigenvalue weighted by Gasteiger charge is 2.46. The maximum atomic E-state index is 14.3. The number of amides is 7. The van der Waals surface area contributed by atoms with Crippen molar-refractivity contribution >= 4 is 58.5 Å². The fourth-order valence-electron chi connectivity index (χ4n) is 9.49. The molecule has 1 unspecified atom stereocenters. The number of alkyl carbamates (subject to hydrolysis) is 1. The number of imide groups is 1. The maximum absolute atomic E-state index is 14.3. The molecule has 1 aromatic carbocycles. The number of fused-ring (bicyclic) bond motifs is 2. The SMILES string of the molecule is Cn1c(=O)n(C2CCC(=O)NC2=O)c2ccc(CCC3CCC(CC(=O)N4CC[C@H]5CC[C@@H](C(=O)N[C@@H](CCC(N)=O)C(=O)O)N5C(=O)[C@@H](NC(=O)OC(C)(C)C)C4)CC3)cc21. The van der Waals surface area contributed by atoms with E-state index in [0.29, 0.717) is 24.3 Å². The van der Waals surface area contributed by atoms with Crippen molar-refractivity contribution in [3.05, 3.63) is 34.2 Å². The Labute approximate surface area is 359 Å². The van der Waals surface area contributed by atoms with Gasteiger partial charge in [-0.25, -0.2) is 14.4 Å². The highest BCUT2D eigenvalue weighted by atomic mass is 16.6. The summed E-state index contributed by atoms with van der Waals surface area (Å²) < 4.78 is 8.48. The number of hydrogen-bond donors (Lipinski definition) is 5. The van der Waals surface area contributed by atoms with Crippen LogP contribution >= 0.6 is 0 Å². The van der Waals surface area contributed by atoms with Crippen molar-refractivity contribution in [1.29, 1.82) is 0 Å². The van der Waals surface area contributed by atoms with Crippen LogP contribution in [0.25, 0.3) is 11.0 Å². The predicted octanol–water partition coefficient (Wildman–Crippen LogP) is 1.77. The number of carbonyl (C=O) groups excluding carboxylic acids is 7. The second-order valence-electron chi connectivity index (χ2n) is 18.4. The van der Waals surface area contributed by atoms with Gasteiger partial charge in [-0.15, -0.1) is 0 Å². The minimum atomic E-state index is -1.39. The average Bonchev–Trinajstić information content (AvgIpc) is 3.72. The quantitative estimate of drug-likeness (QED) is 0.181. The van der Waals surface area contributed by atoms with Gasteiger partial charge in [-0.3, -0.25) is 43.2 Å². The molecule has 3 saturated heterocycles. The number of benzene rings is 1. The third-order valence-electron chi connectivity index (χ3n) is 12.8. The van der Waals surface area contributed by atoms with Gasteiger partial charge in [0.2, 0.25) is 35.4 Å². The maximum Gasteiger partial charge on any atom is 0.408 e. The molecule has 2 aromatic rings. The minimum Gasteiger partial charge on any atom is -0.480 e. The Hall–Kier alpha value is -5.75. The van der Waals surface area contributed by atoms with Crippen molar-refractivity contribution < 1.29 is 48.2 Å². The Kier molecular flexibility index (Phi) is 14.1. The van der Waals surface area contributed by atoms with Crippen molar-refractivity contribution in [1.82, 2.24) is 34.9 Å². The van der Waals surface area contributed by atoms with E-state index in [4.69, 9.17) is 10.5 Å². The third-order valence-corrected chi connectivity index (χ3v) is 12.8. The van der Waals surface area contributed by atoms with E-state index in [9.17, 15) is 48.3 Å². The molecule has 62 heavy (non-hydrogen) atoms. The van der Waals surface area contributed by atoms with Crippen LogP contribution in [0.4, 0.5) is 4.79 Å². The first-order valence-corrected chi connectivity index (χ1v) is 21.7. The summed E-state index contributed by atoms with van der Waals surface area (Å²) in [6.07, 6.45) is 5.79. The second kappa shape index (κ2) is 19.1. The number of nitrogens with one attached hydrogen (secondary N) is 3. The van der Waals surface area contributed by atoms with Gasteiger partial charge in [0.15, 0.2) is 0 Å². The van der Waals surface area contributed by atoms with Crippen LogP contribution < -0.4 is 27.4 Å². The number of primary amides is 1. The lowest BCUT2D eigenvalue weighted by Gasteiger charge is -2.39. The molecule has 1 aliphatic carbocycles. The summed E-state index contributed by atoms with van der Waals surface area (Å²) in [6.45, 7) is 5.19. The summed E-state index contributed by atoms with van der Waals surface area (Å²) in [4.78, 5) is 119. The summed E-state index contributed by atoms with van der Waals surface area (Å²) in [5, 5.41) is 17.1. The molecule has 1 aromatic heterocycles. The van der Waals surface area contributed by atoms with Crippen LogP contribution in [0, 0.1) is 11.8 Å². The molecule has 0 bridgehead atoms. The fourth-order valence-corrected chi connectivity index (χ4v) is 9.49. The lowest BCUT2D eigenvalue weighted by Crippen LogP contribution is -2.62. The average molecular weight is 865 g/mol. The molecule has 7 amide bonds. The highest BCUT2D eigenvalue weighted by molar-refractivity contribution is 6.00. The van der Waals surface area contributed by atoms with Crippen molar-refractivity contribution in [3.8, 4) is 0 Å². The molecule has 19 heteroatoms. The third kappa shape index (κ3) is 10.8. The molecular weight excluding hydrogens is 805 g/mol. The van der Waals surface area contributed by atoms with E-state index in [1.807, 2.05) is 18.2 Å². The number of carboxylic acids is 1. The van der Waals surface area contributed by atoms with Crippen molar-refractivity contribution in [2.45, 2.75) is 146 Å². The normalized spacial score (nSPS) is 25.0. The Morgan fingerprint density at radius 1 is 0.952 bits per heavy atom. The van der Waals surface area contributed by atoms with E-state index in [-0.39, 0.29) is 75.0 Å². The van der Waals surface area contributed by atoms with Crippen LogP contribution in [-0.4, -0.2) is 114 Å². The number of carbonyl (C=O) groups is 8. The van der Waals surface area contributed by atoms with Gasteiger partial charge < -0.3 is 36.0 Å². The summed E-state index contributed by atoms with van der Waals surface area (Å²) in [6, 6.07) is 1.01. The topological polar surface area (TPSA) is 262 Å². The molecule has 5 atom stereocenters. The van der Waals surface area contributed by atoms with Gasteiger partial charge in [0.05, 0.1) is 17.6 Å². The second-order valence-corrected chi connectivity index (χ2v) is 18.4. The number of hydrogen-bond acceptors (Lipinski definition) is 10. The summed E-state index contributed by atoms with van der Waals surface area (Å²) in [5.74, 6) is -3.66. The number of carboxylic acid groups (broad SMARTS) is 1. The number of rotatable bonds is 13. The first-order valence-electron chi connectivity index (χ1n) is 21.7. The molecule has 0 spiro atoms. The summed E-state index contributed by atoms with van der Waals surface area (Å²) >= 11 is 0. The number of aromatic nitrogens is 2. The molecule has 6 N–H and O–H groups in total. The van der Waals surface area contributed by atoms with Crippen LogP contribution in [-0.2, 0) is 51.8 Å². The Bertz CT molecular complexity index is 2150. The number of aryl methyl sites for hydroxylation is 2. The molecule has 0 radical (unpaired) electrons. The van der Waals surface area contributed by atoms with Crippen LogP contribution in [0.5, 0.6) is 0 Å². The monoisotopic (exact) mass is 864 g/mol. The van der Waals surface area contributed by atoms with Crippen LogP contribution in [0.15, 0.2) is 23.0 Å². The first-order chi connectivity index (χ1) is 29.3. The van der Waals surface area contributed by atoms with Crippen molar-refractivity contribution in [2.75, 3.05) is 13.1 Å². The Morgan fingerprint density at radius 3 is 2.32 bits per heavy atom. The number of piperidine rings is 1. The van der Waals surface area contributed by atoms with Crippen LogP contribution in [0.3, 0.4) is 0 Å². The van der Waals surface area contributed by atoms with E-state index in [1.54, 1.807) is 32.7 Å². The van der Waals surface area contributed by atoms with Gasteiger partial charge in [-0.1, -0.05) is 18.9 Å². The largest absolute Gasteiger partial charge is 0.480 e. The number of aliphatic carboxylic acids is 1. The zero-order valence-electron chi connectivity index (χ0n) is 36.0. The first kappa shape index (κ1) is 45.8. The molecule has 338 valence electrons. The molecule has 19 nitrogen and oxygen atoms in total. The molecular formula is C43H60N8O11. The molecule has 4 aliphatic rings. The van der Waals surface area contributed by atoms with E-state index in [0.717, 1.165) is 49.6 Å². The lowest BCUT2D eigenvalue weighted by molar-refractivity contribution is -0.147. The number of ether oxygens (including phenoxy) is 1. The van der Waals surface area contributed by atoms with E-state index >= 15 is 0 Å². The molecule has 4 heterocycles. The fraction of sp³-hybridized carbons (Fsp3) is 0.651. The minimum absolute atomic E-state index is 0.125. The summed E-state index contributed by atoms with van der Waals surface area (Å²) in [7, 11) is 1.68. The van der Waals surface area contributed by atoms with Crippen LogP contribution in [0.2, 0.25) is 0 Å². The van der Waals surface area contributed by atoms with E-state index in [2.05, 4.69) is 16.0 Å². The van der Waals surface area contributed by atoms with E-state index < -0.39 is 71.5 Å². The van der Waals surface area contributed by atoms with Gasteiger partial charge in [-0.2, -0.15) is 0 Å². The molecule has 1 saturated carbocycles. The van der Waals surface area contributed by atoms with Gasteiger partial charge in [0.1, 0.15) is 29.8 Å². The number of imidazole rings is 1. The number of nitrogens with two attached hydrogens (primary N) is 1. The Balaban J connectivity index is 1.06. The standard InChI is InChI=1S/C43H60N8O11/c1-43(2,3)62-41(60)46-29-23-49(20-19-27-12-15-31(50(27)39(29)57)37(55)45-28(40(58)59)13-17-34(44)52)36(54)22-26-9-6-24(7-10-26)5-8-25-11-14-30-33(21-25)48(4)42(61)51(30)32-16-18-35(53)47-38(32)56/h11,14,21,24,26-29,31-32H,5-10,12-13,15-20,22-23H2,1-4H3,(H2,44,52)(H,45,55)(H,46,60)(H,58,59)(H,47,53,56)/t24?,26?,27-,28+,29+,31+,32?/m1/s1. The van der Waals surface area contributed by atoms with Gasteiger partial charge in [0, 0.05) is 38.9 Å². The summed E-state index contributed by atoms with van der Waals surface area (Å²) in [5.41, 5.74) is 6.46. The van der Waals surface area contributed by atoms with Crippen molar-refractivity contribution in [2.24, 2.45) is 24.6 Å². The van der Waals surface area contributed by atoms with Gasteiger partial charge >= 0.3 is 17.8 Å². The molecule has 3 aliphatic heterocycles. The number of nitrogens with zero attached hydrogens (tertiary/aromatic N) is 4. The zero-order valence-corrected chi connectivity index (χ0v) is 36.0. The zero-order chi connectivity index (χ0) is 45.0.